The third-order valence-electron chi connectivity index (χ3n) is 2.56. The van der Waals surface area contributed by atoms with E-state index in [4.69, 9.17) is 10.5 Å². The van der Waals surface area contributed by atoms with Crippen LogP contribution in [-0.4, -0.2) is 35.0 Å². The zero-order valence-electron chi connectivity index (χ0n) is 9.45. The highest BCUT2D eigenvalue weighted by Crippen LogP contribution is 2.28. The predicted octanol–water partition coefficient (Wildman–Crippen LogP) is 0.996. The Morgan fingerprint density at radius 2 is 2.40 bits per heavy atom. The Kier molecular flexibility index (Phi) is 2.34. The van der Waals surface area contributed by atoms with Crippen LogP contribution in [0.3, 0.4) is 0 Å². The Labute approximate surface area is 89.6 Å². The highest BCUT2D eigenvalue weighted by atomic mass is 16.5. The number of hydrogen-bond acceptors (Lipinski definition) is 4. The van der Waals surface area contributed by atoms with Crippen molar-refractivity contribution in [2.24, 2.45) is 0 Å². The molecule has 2 rings (SSSR count). The average molecular weight is 210 g/mol. The van der Waals surface area contributed by atoms with Gasteiger partial charge in [0.1, 0.15) is 5.82 Å². The smallest absolute Gasteiger partial charge is 0.142 e. The normalized spacial score (nSPS) is 25.5. The minimum absolute atomic E-state index is 0.138. The van der Waals surface area contributed by atoms with Crippen LogP contribution < -0.4 is 10.6 Å². The van der Waals surface area contributed by atoms with Crippen molar-refractivity contribution in [2.75, 3.05) is 23.7 Å². The zero-order valence-corrected chi connectivity index (χ0v) is 9.45. The van der Waals surface area contributed by atoms with Crippen LogP contribution in [0.2, 0.25) is 0 Å². The van der Waals surface area contributed by atoms with Gasteiger partial charge in [0.2, 0.25) is 0 Å². The summed E-state index contributed by atoms with van der Waals surface area (Å²) in [7, 11) is 0. The number of ether oxygens (including phenoxy) is 1. The van der Waals surface area contributed by atoms with Gasteiger partial charge in [0, 0.05) is 13.1 Å². The van der Waals surface area contributed by atoms with Gasteiger partial charge in [-0.1, -0.05) is 0 Å². The molecule has 0 spiro atoms. The Hall–Kier alpha value is -1.23. The molecule has 1 aromatic heterocycles. The lowest BCUT2D eigenvalue weighted by molar-refractivity contribution is -0.0749. The van der Waals surface area contributed by atoms with Gasteiger partial charge in [-0.3, -0.25) is 5.10 Å². The number of nitrogens with two attached hydrogens (primary N) is 1. The molecule has 0 radical (unpaired) electrons. The number of morpholine rings is 1. The first kappa shape index (κ1) is 10.3. The topological polar surface area (TPSA) is 67.2 Å². The van der Waals surface area contributed by atoms with Gasteiger partial charge in [-0.2, -0.15) is 5.10 Å². The van der Waals surface area contributed by atoms with Crippen molar-refractivity contribution in [3.05, 3.63) is 6.20 Å². The molecule has 1 saturated heterocycles. The van der Waals surface area contributed by atoms with Gasteiger partial charge in [0.05, 0.1) is 23.6 Å². The number of nitrogen functional groups attached to an aromatic ring is 1. The molecule has 1 unspecified atom stereocenters. The Morgan fingerprint density at radius 3 is 2.93 bits per heavy atom. The fourth-order valence-corrected chi connectivity index (χ4v) is 2.18. The van der Waals surface area contributed by atoms with Crippen LogP contribution in [0.15, 0.2) is 6.20 Å². The second kappa shape index (κ2) is 3.41. The maximum absolute atomic E-state index is 5.83. The minimum Gasteiger partial charge on any atom is -0.382 e. The molecule has 0 aliphatic carbocycles. The van der Waals surface area contributed by atoms with E-state index in [9.17, 15) is 0 Å². The minimum atomic E-state index is -0.138. The highest BCUT2D eigenvalue weighted by Gasteiger charge is 2.32. The molecule has 0 amide bonds. The monoisotopic (exact) mass is 210 g/mol. The molecule has 0 aromatic carbocycles. The van der Waals surface area contributed by atoms with Gasteiger partial charge in [-0.25, -0.2) is 0 Å². The van der Waals surface area contributed by atoms with Crippen molar-refractivity contribution < 1.29 is 4.74 Å². The van der Waals surface area contributed by atoms with Crippen molar-refractivity contribution in [1.82, 2.24) is 10.2 Å². The summed E-state index contributed by atoms with van der Waals surface area (Å²) in [6.45, 7) is 7.94. The predicted molar refractivity (Wildman–Crippen MR) is 59.8 cm³/mol. The molecule has 1 atom stereocenters. The molecule has 2 heterocycles. The Balaban J connectivity index is 2.20. The van der Waals surface area contributed by atoms with Crippen LogP contribution in [0.5, 0.6) is 0 Å². The summed E-state index contributed by atoms with van der Waals surface area (Å²) in [6, 6.07) is 0. The first-order valence-corrected chi connectivity index (χ1v) is 5.19. The molecule has 5 nitrogen and oxygen atoms in total. The van der Waals surface area contributed by atoms with Crippen molar-refractivity contribution in [1.29, 1.82) is 0 Å². The number of aromatic nitrogens is 2. The van der Waals surface area contributed by atoms with Crippen LogP contribution >= 0.6 is 0 Å². The van der Waals surface area contributed by atoms with Gasteiger partial charge in [-0.05, 0) is 20.8 Å². The molecule has 1 aromatic rings. The summed E-state index contributed by atoms with van der Waals surface area (Å²) in [4.78, 5) is 2.22. The van der Waals surface area contributed by atoms with E-state index in [1.807, 2.05) is 0 Å². The lowest BCUT2D eigenvalue weighted by atomic mass is 10.1. The molecule has 3 N–H and O–H groups in total. The van der Waals surface area contributed by atoms with E-state index in [1.165, 1.54) is 0 Å². The van der Waals surface area contributed by atoms with E-state index >= 15 is 0 Å². The van der Waals surface area contributed by atoms with Crippen LogP contribution in [0.4, 0.5) is 11.5 Å². The molecule has 0 saturated carbocycles. The summed E-state index contributed by atoms with van der Waals surface area (Å²) in [5.41, 5.74) is 6.64. The largest absolute Gasteiger partial charge is 0.382 e. The third kappa shape index (κ3) is 2.07. The number of hydrogen-bond donors (Lipinski definition) is 2. The molecule has 1 fully saturated rings. The number of nitrogens with one attached hydrogen (secondary N) is 1. The van der Waals surface area contributed by atoms with Crippen LogP contribution in [0.1, 0.15) is 20.8 Å². The lowest BCUT2D eigenvalue weighted by Gasteiger charge is -2.42. The van der Waals surface area contributed by atoms with E-state index in [0.717, 1.165) is 18.8 Å². The van der Waals surface area contributed by atoms with Crippen molar-refractivity contribution >= 4 is 11.5 Å². The number of anilines is 2. The first-order chi connectivity index (χ1) is 6.98. The molecular weight excluding hydrogens is 192 g/mol. The zero-order chi connectivity index (χ0) is 11.1. The summed E-state index contributed by atoms with van der Waals surface area (Å²) >= 11 is 0. The highest BCUT2D eigenvalue weighted by molar-refractivity contribution is 5.62. The van der Waals surface area contributed by atoms with E-state index < -0.39 is 0 Å². The van der Waals surface area contributed by atoms with Crippen LogP contribution in [-0.2, 0) is 4.74 Å². The van der Waals surface area contributed by atoms with E-state index in [-0.39, 0.29) is 11.7 Å². The van der Waals surface area contributed by atoms with Crippen molar-refractivity contribution in [2.45, 2.75) is 32.5 Å². The standard InChI is InChI=1S/C10H18N4O/c1-7-5-14(6-10(2,3)15-7)8-4-12-13-9(8)11/h4,7H,5-6H2,1-3H3,(H3,11,12,13). The molecule has 1 aliphatic heterocycles. The second-order valence-corrected chi connectivity index (χ2v) is 4.74. The van der Waals surface area contributed by atoms with Gasteiger partial charge in [-0.15, -0.1) is 0 Å². The second-order valence-electron chi connectivity index (χ2n) is 4.74. The maximum Gasteiger partial charge on any atom is 0.142 e. The molecule has 1 aliphatic rings. The Morgan fingerprint density at radius 1 is 1.67 bits per heavy atom. The van der Waals surface area contributed by atoms with Crippen molar-refractivity contribution in [3.8, 4) is 0 Å². The number of rotatable bonds is 1. The van der Waals surface area contributed by atoms with Crippen LogP contribution in [0, 0.1) is 0 Å². The van der Waals surface area contributed by atoms with E-state index in [1.54, 1.807) is 6.20 Å². The Bertz CT molecular complexity index is 347. The van der Waals surface area contributed by atoms with Crippen molar-refractivity contribution in [3.63, 3.8) is 0 Å². The number of H-pyrrole nitrogens is 1. The van der Waals surface area contributed by atoms with Gasteiger partial charge < -0.3 is 15.4 Å². The fraction of sp³-hybridized carbons (Fsp3) is 0.700. The quantitative estimate of drug-likeness (QED) is 0.725. The average Bonchev–Trinajstić information content (AvgIpc) is 2.47. The third-order valence-corrected chi connectivity index (χ3v) is 2.56. The summed E-state index contributed by atoms with van der Waals surface area (Å²) in [5, 5.41) is 6.69. The number of nitrogens with zero attached hydrogens (tertiary/aromatic N) is 2. The maximum atomic E-state index is 5.83. The first-order valence-electron chi connectivity index (χ1n) is 5.19. The molecule has 5 heteroatoms. The summed E-state index contributed by atoms with van der Waals surface area (Å²) < 4.78 is 5.83. The molecule has 84 valence electrons. The van der Waals surface area contributed by atoms with Gasteiger partial charge >= 0.3 is 0 Å². The number of aromatic amines is 1. The lowest BCUT2D eigenvalue weighted by Crippen LogP contribution is -2.52. The fourth-order valence-electron chi connectivity index (χ4n) is 2.18. The van der Waals surface area contributed by atoms with Crippen LogP contribution in [0.25, 0.3) is 0 Å². The molecule has 15 heavy (non-hydrogen) atoms. The summed E-state index contributed by atoms with van der Waals surface area (Å²) in [5.74, 6) is 0.625. The SMILES string of the molecule is CC1CN(c2cn[nH]c2N)CC(C)(C)O1. The summed E-state index contributed by atoms with van der Waals surface area (Å²) in [6.07, 6.45) is 1.98. The van der Waals surface area contributed by atoms with Gasteiger partial charge in [0.25, 0.3) is 0 Å². The molecular formula is C10H18N4O. The van der Waals surface area contributed by atoms with E-state index in [2.05, 4.69) is 35.9 Å². The van der Waals surface area contributed by atoms with Gasteiger partial charge in [0.15, 0.2) is 0 Å². The molecule has 0 bridgehead atoms. The van der Waals surface area contributed by atoms with E-state index in [0.29, 0.717) is 5.82 Å².